The van der Waals surface area contributed by atoms with Crippen molar-refractivity contribution in [3.05, 3.63) is 60.2 Å². The number of nitrogens with zero attached hydrogens (tertiary/aromatic N) is 4. The van der Waals surface area contributed by atoms with Gasteiger partial charge in [-0.2, -0.15) is 0 Å². The molecule has 0 radical (unpaired) electrons. The number of anilines is 1. The molecule has 0 saturated heterocycles. The van der Waals surface area contributed by atoms with E-state index in [-0.39, 0.29) is 5.91 Å². The van der Waals surface area contributed by atoms with Gasteiger partial charge in [0.25, 0.3) is 5.91 Å². The van der Waals surface area contributed by atoms with Gasteiger partial charge in [-0.3, -0.25) is 9.78 Å². The Kier molecular flexibility index (Phi) is 5.24. The Hall–Kier alpha value is -3.68. The summed E-state index contributed by atoms with van der Waals surface area (Å²) in [6.07, 6.45) is 6.78. The fourth-order valence-electron chi connectivity index (χ4n) is 3.14. The van der Waals surface area contributed by atoms with Gasteiger partial charge in [0, 0.05) is 43.9 Å². The number of ether oxygens (including phenoxy) is 2. The average molecular weight is 391 g/mol. The Morgan fingerprint density at radius 2 is 2.07 bits per heavy atom. The lowest BCUT2D eigenvalue weighted by atomic mass is 10.0. The number of rotatable bonds is 5. The molecule has 0 unspecified atom stereocenters. The topological polar surface area (TPSA) is 89.5 Å². The molecule has 8 nitrogen and oxygen atoms in total. The van der Waals surface area contributed by atoms with Crippen molar-refractivity contribution in [2.75, 3.05) is 32.2 Å². The van der Waals surface area contributed by atoms with E-state index in [2.05, 4.69) is 25.2 Å². The monoisotopic (exact) mass is 391 g/mol. The number of fused-ring (bicyclic) bond motifs is 1. The van der Waals surface area contributed by atoms with Crippen molar-refractivity contribution >= 4 is 11.6 Å². The number of benzene rings is 1. The second-order valence-electron chi connectivity index (χ2n) is 6.64. The summed E-state index contributed by atoms with van der Waals surface area (Å²) >= 11 is 0. The van der Waals surface area contributed by atoms with Gasteiger partial charge < -0.3 is 19.7 Å². The standard InChI is InChI=1S/C21H21N5O3/c1-26-6-7-29-19-17(20(27)23-11-14-4-3-5-22-10-14)8-15(9-18(19)26)16-12-24-21(28-2)25-13-16/h3-5,8-10,12-13H,6-7,11H2,1-2H3,(H,23,27). The maximum Gasteiger partial charge on any atom is 0.316 e. The first-order valence-corrected chi connectivity index (χ1v) is 9.21. The van der Waals surface area contributed by atoms with Crippen molar-refractivity contribution in [2.45, 2.75) is 6.54 Å². The van der Waals surface area contributed by atoms with E-state index in [4.69, 9.17) is 9.47 Å². The summed E-state index contributed by atoms with van der Waals surface area (Å²) in [5, 5.41) is 2.95. The summed E-state index contributed by atoms with van der Waals surface area (Å²) in [5.74, 6) is 0.372. The van der Waals surface area contributed by atoms with Gasteiger partial charge in [0.05, 0.1) is 24.9 Å². The molecule has 1 amide bonds. The van der Waals surface area contributed by atoms with Gasteiger partial charge in [-0.15, -0.1) is 0 Å². The zero-order valence-corrected chi connectivity index (χ0v) is 16.3. The van der Waals surface area contributed by atoms with E-state index in [1.807, 2.05) is 31.3 Å². The zero-order valence-electron chi connectivity index (χ0n) is 16.3. The number of carbonyl (C=O) groups is 1. The smallest absolute Gasteiger partial charge is 0.316 e. The molecule has 1 aliphatic rings. The van der Waals surface area contributed by atoms with Crippen molar-refractivity contribution in [1.29, 1.82) is 0 Å². The molecule has 1 N–H and O–H groups in total. The molecule has 0 aliphatic carbocycles. The van der Waals surface area contributed by atoms with E-state index < -0.39 is 0 Å². The second kappa shape index (κ2) is 8.14. The Bertz CT molecular complexity index is 1010. The Labute approximate surface area is 168 Å². The molecule has 0 fully saturated rings. The second-order valence-corrected chi connectivity index (χ2v) is 6.64. The minimum Gasteiger partial charge on any atom is -0.489 e. The van der Waals surface area contributed by atoms with Gasteiger partial charge in [0.2, 0.25) is 0 Å². The van der Waals surface area contributed by atoms with Crippen molar-refractivity contribution in [2.24, 2.45) is 0 Å². The quantitative estimate of drug-likeness (QED) is 0.714. The van der Waals surface area contributed by atoms with Crippen molar-refractivity contribution in [3.63, 3.8) is 0 Å². The minimum absolute atomic E-state index is 0.211. The highest BCUT2D eigenvalue weighted by Gasteiger charge is 2.24. The normalized spacial score (nSPS) is 12.7. The third-order valence-electron chi connectivity index (χ3n) is 4.72. The molecule has 148 valence electrons. The molecule has 0 spiro atoms. The molecule has 1 aromatic carbocycles. The maximum atomic E-state index is 13.0. The molecule has 0 bridgehead atoms. The average Bonchev–Trinajstić information content (AvgIpc) is 2.78. The molecule has 3 heterocycles. The number of hydrogen-bond donors (Lipinski definition) is 1. The van der Waals surface area contributed by atoms with Crippen LogP contribution in [-0.2, 0) is 6.54 Å². The van der Waals surface area contributed by atoms with Gasteiger partial charge >= 0.3 is 6.01 Å². The number of aromatic nitrogens is 3. The van der Waals surface area contributed by atoms with Crippen LogP contribution in [0.4, 0.5) is 5.69 Å². The third-order valence-corrected chi connectivity index (χ3v) is 4.72. The molecule has 8 heteroatoms. The van der Waals surface area contributed by atoms with E-state index in [9.17, 15) is 4.79 Å². The fraction of sp³-hybridized carbons (Fsp3) is 0.238. The summed E-state index contributed by atoms with van der Waals surface area (Å²) in [5.41, 5.74) is 3.87. The number of carbonyl (C=O) groups excluding carboxylic acids is 1. The van der Waals surface area contributed by atoms with Crippen molar-refractivity contribution in [1.82, 2.24) is 20.3 Å². The molecular weight excluding hydrogens is 370 g/mol. The Morgan fingerprint density at radius 3 is 2.79 bits per heavy atom. The summed E-state index contributed by atoms with van der Waals surface area (Å²) in [7, 11) is 3.50. The maximum absolute atomic E-state index is 13.0. The van der Waals surface area contributed by atoms with Crippen LogP contribution in [0, 0.1) is 0 Å². The highest BCUT2D eigenvalue weighted by molar-refractivity contribution is 6.00. The van der Waals surface area contributed by atoms with Crippen LogP contribution in [0.2, 0.25) is 0 Å². The lowest BCUT2D eigenvalue weighted by Crippen LogP contribution is -2.31. The fourth-order valence-corrected chi connectivity index (χ4v) is 3.14. The predicted octanol–water partition coefficient (Wildman–Crippen LogP) is 2.31. The molecule has 0 atom stereocenters. The first-order valence-electron chi connectivity index (χ1n) is 9.21. The number of methoxy groups -OCH3 is 1. The molecule has 1 aliphatic heterocycles. The Morgan fingerprint density at radius 1 is 1.24 bits per heavy atom. The van der Waals surface area contributed by atoms with Gasteiger partial charge in [0.15, 0.2) is 5.75 Å². The SMILES string of the molecule is COc1ncc(-c2cc(C(=O)NCc3cccnc3)c3c(c2)N(C)CCO3)cn1. The zero-order chi connectivity index (χ0) is 20.2. The summed E-state index contributed by atoms with van der Waals surface area (Å²) in [4.78, 5) is 27.5. The van der Waals surface area contributed by atoms with E-state index in [1.54, 1.807) is 24.8 Å². The summed E-state index contributed by atoms with van der Waals surface area (Å²) in [6, 6.07) is 7.84. The van der Waals surface area contributed by atoms with Crippen LogP contribution in [0.3, 0.4) is 0 Å². The van der Waals surface area contributed by atoms with Crippen LogP contribution in [0.15, 0.2) is 49.1 Å². The summed E-state index contributed by atoms with van der Waals surface area (Å²) in [6.45, 7) is 1.65. The molecule has 4 rings (SSSR count). The van der Waals surface area contributed by atoms with Crippen LogP contribution >= 0.6 is 0 Å². The first kappa shape index (κ1) is 18.7. The number of likely N-dealkylation sites (N-methyl/N-ethyl adjacent to an activating group) is 1. The largest absolute Gasteiger partial charge is 0.489 e. The van der Waals surface area contributed by atoms with E-state index in [0.29, 0.717) is 30.5 Å². The highest BCUT2D eigenvalue weighted by Crippen LogP contribution is 2.38. The molecule has 29 heavy (non-hydrogen) atoms. The number of amides is 1. The Balaban J connectivity index is 1.69. The van der Waals surface area contributed by atoms with Crippen LogP contribution in [-0.4, -0.2) is 48.2 Å². The van der Waals surface area contributed by atoms with Gasteiger partial charge in [-0.1, -0.05) is 6.07 Å². The van der Waals surface area contributed by atoms with Gasteiger partial charge in [-0.05, 0) is 29.3 Å². The molecular formula is C21H21N5O3. The van der Waals surface area contributed by atoms with E-state index in [1.165, 1.54) is 7.11 Å². The van der Waals surface area contributed by atoms with Crippen LogP contribution in [0.25, 0.3) is 11.1 Å². The molecule has 3 aromatic rings. The summed E-state index contributed by atoms with van der Waals surface area (Å²) < 4.78 is 10.9. The van der Waals surface area contributed by atoms with Gasteiger partial charge in [-0.25, -0.2) is 9.97 Å². The number of pyridine rings is 1. The third kappa shape index (κ3) is 3.96. The highest BCUT2D eigenvalue weighted by atomic mass is 16.5. The van der Waals surface area contributed by atoms with Crippen LogP contribution < -0.4 is 19.7 Å². The van der Waals surface area contributed by atoms with Crippen molar-refractivity contribution in [3.8, 4) is 22.9 Å². The van der Waals surface area contributed by atoms with Crippen molar-refractivity contribution < 1.29 is 14.3 Å². The van der Waals surface area contributed by atoms with E-state index >= 15 is 0 Å². The first-order chi connectivity index (χ1) is 14.2. The lowest BCUT2D eigenvalue weighted by Gasteiger charge is -2.29. The minimum atomic E-state index is -0.211. The number of nitrogens with one attached hydrogen (secondary N) is 1. The predicted molar refractivity (Wildman–Crippen MR) is 108 cm³/mol. The molecule has 0 saturated carbocycles. The molecule has 2 aromatic heterocycles. The lowest BCUT2D eigenvalue weighted by molar-refractivity contribution is 0.0946. The number of hydrogen-bond acceptors (Lipinski definition) is 7. The van der Waals surface area contributed by atoms with Crippen LogP contribution in [0.1, 0.15) is 15.9 Å². The van der Waals surface area contributed by atoms with E-state index in [0.717, 1.165) is 28.9 Å². The van der Waals surface area contributed by atoms with Gasteiger partial charge in [0.1, 0.15) is 6.61 Å². The van der Waals surface area contributed by atoms with Crippen LogP contribution in [0.5, 0.6) is 11.8 Å².